The Labute approximate surface area is 186 Å². The van der Waals surface area contributed by atoms with Crippen LogP contribution in [0.15, 0.2) is 82.6 Å². The third-order valence-corrected chi connectivity index (χ3v) is 6.15. The second kappa shape index (κ2) is 11.4. The standard InChI is InChI=1S/C24H26ClNO3S/c25-23-14-22(12-11-18(23)9-10-19(15-27)24(26)28)30-21-8-4-7-20(13-21)29-16-17-5-2-1-3-6-17/h1-8,11-14,19,24,27-28H,9-10,15-16,26H2. The minimum absolute atomic E-state index is 0.147. The van der Waals surface area contributed by atoms with Gasteiger partial charge in [0.25, 0.3) is 0 Å². The smallest absolute Gasteiger partial charge is 0.120 e. The molecule has 0 spiro atoms. The molecule has 4 N–H and O–H groups in total. The van der Waals surface area contributed by atoms with E-state index < -0.39 is 6.23 Å². The Morgan fingerprint density at radius 1 is 0.967 bits per heavy atom. The third kappa shape index (κ3) is 6.76. The molecule has 0 aliphatic rings. The lowest BCUT2D eigenvalue weighted by atomic mass is 9.99. The Kier molecular flexibility index (Phi) is 8.61. The van der Waals surface area contributed by atoms with Gasteiger partial charge in [-0.1, -0.05) is 65.8 Å². The fourth-order valence-electron chi connectivity index (χ4n) is 3.01. The van der Waals surface area contributed by atoms with E-state index in [1.807, 2.05) is 72.8 Å². The van der Waals surface area contributed by atoms with E-state index in [4.69, 9.17) is 22.1 Å². The van der Waals surface area contributed by atoms with Crippen LogP contribution in [0.3, 0.4) is 0 Å². The van der Waals surface area contributed by atoms with Gasteiger partial charge in [0, 0.05) is 27.3 Å². The van der Waals surface area contributed by atoms with Crippen LogP contribution in [-0.4, -0.2) is 23.0 Å². The number of ether oxygens (including phenoxy) is 1. The van der Waals surface area contributed by atoms with Crippen LogP contribution in [0.5, 0.6) is 5.75 Å². The summed E-state index contributed by atoms with van der Waals surface area (Å²) in [5, 5.41) is 19.4. The molecule has 0 aliphatic carbocycles. The molecule has 30 heavy (non-hydrogen) atoms. The summed E-state index contributed by atoms with van der Waals surface area (Å²) in [6.07, 6.45) is 0.188. The number of aliphatic hydroxyl groups excluding tert-OH is 2. The number of hydrogen-bond acceptors (Lipinski definition) is 5. The van der Waals surface area contributed by atoms with Crippen LogP contribution < -0.4 is 10.5 Å². The van der Waals surface area contributed by atoms with E-state index in [1.165, 1.54) is 0 Å². The van der Waals surface area contributed by atoms with E-state index in [0.29, 0.717) is 24.5 Å². The van der Waals surface area contributed by atoms with E-state index in [-0.39, 0.29) is 12.5 Å². The van der Waals surface area contributed by atoms with Gasteiger partial charge >= 0.3 is 0 Å². The highest BCUT2D eigenvalue weighted by atomic mass is 35.5. The van der Waals surface area contributed by atoms with Crippen molar-refractivity contribution < 1.29 is 14.9 Å². The zero-order valence-electron chi connectivity index (χ0n) is 16.6. The first kappa shape index (κ1) is 22.7. The first-order valence-corrected chi connectivity index (χ1v) is 11.0. The van der Waals surface area contributed by atoms with Crippen LogP contribution >= 0.6 is 23.4 Å². The van der Waals surface area contributed by atoms with Gasteiger partial charge in [0.2, 0.25) is 0 Å². The fraction of sp³-hybridized carbons (Fsp3) is 0.250. The Balaban J connectivity index is 1.60. The summed E-state index contributed by atoms with van der Waals surface area (Å²) in [7, 11) is 0. The molecule has 0 radical (unpaired) electrons. The van der Waals surface area contributed by atoms with Gasteiger partial charge in [-0.15, -0.1) is 0 Å². The molecule has 0 aliphatic heterocycles. The Morgan fingerprint density at radius 3 is 2.43 bits per heavy atom. The van der Waals surface area contributed by atoms with Crippen LogP contribution in [-0.2, 0) is 13.0 Å². The molecule has 0 bridgehead atoms. The van der Waals surface area contributed by atoms with Gasteiger partial charge in [-0.2, -0.15) is 0 Å². The van der Waals surface area contributed by atoms with Gasteiger partial charge in [0.05, 0.1) is 0 Å². The normalized spacial score (nSPS) is 13.1. The van der Waals surface area contributed by atoms with E-state index in [1.54, 1.807) is 11.8 Å². The monoisotopic (exact) mass is 443 g/mol. The zero-order chi connectivity index (χ0) is 21.3. The summed E-state index contributed by atoms with van der Waals surface area (Å²) in [5.41, 5.74) is 7.58. The van der Waals surface area contributed by atoms with Crippen molar-refractivity contribution in [1.29, 1.82) is 0 Å². The molecular weight excluding hydrogens is 418 g/mol. The molecule has 0 saturated heterocycles. The minimum Gasteiger partial charge on any atom is -0.489 e. The highest BCUT2D eigenvalue weighted by Crippen LogP contribution is 2.33. The number of hydrogen-bond donors (Lipinski definition) is 3. The summed E-state index contributed by atoms with van der Waals surface area (Å²) in [6, 6.07) is 24.0. The molecule has 0 amide bonds. The number of nitrogens with two attached hydrogens (primary N) is 1. The SMILES string of the molecule is NC(O)C(CO)CCc1ccc(Sc2cccc(OCc3ccccc3)c2)cc1Cl. The lowest BCUT2D eigenvalue weighted by molar-refractivity contribution is 0.0674. The number of aryl methyl sites for hydroxylation is 1. The average Bonchev–Trinajstić information content (AvgIpc) is 2.75. The van der Waals surface area contributed by atoms with E-state index in [0.717, 1.165) is 26.7 Å². The van der Waals surface area contributed by atoms with Crippen molar-refractivity contribution in [1.82, 2.24) is 0 Å². The molecule has 0 aromatic heterocycles. The van der Waals surface area contributed by atoms with Crippen LogP contribution in [0.4, 0.5) is 0 Å². The first-order valence-electron chi connectivity index (χ1n) is 9.82. The number of aliphatic hydroxyl groups is 2. The van der Waals surface area contributed by atoms with Crippen molar-refractivity contribution in [2.24, 2.45) is 11.7 Å². The third-order valence-electron chi connectivity index (χ3n) is 4.82. The molecule has 2 atom stereocenters. The van der Waals surface area contributed by atoms with E-state index >= 15 is 0 Å². The van der Waals surface area contributed by atoms with Crippen molar-refractivity contribution in [2.45, 2.75) is 35.5 Å². The van der Waals surface area contributed by atoms with Gasteiger partial charge in [-0.3, -0.25) is 0 Å². The Hall–Kier alpha value is -2.02. The van der Waals surface area contributed by atoms with Crippen molar-refractivity contribution in [3.63, 3.8) is 0 Å². The largest absolute Gasteiger partial charge is 0.489 e. The van der Waals surface area contributed by atoms with Crippen LogP contribution in [0.2, 0.25) is 5.02 Å². The topological polar surface area (TPSA) is 75.7 Å². The first-order chi connectivity index (χ1) is 14.5. The molecule has 3 aromatic rings. The molecule has 3 aromatic carbocycles. The summed E-state index contributed by atoms with van der Waals surface area (Å²) in [5.74, 6) is 0.468. The molecule has 4 nitrogen and oxygen atoms in total. The number of benzene rings is 3. The zero-order valence-corrected chi connectivity index (χ0v) is 18.1. The van der Waals surface area contributed by atoms with E-state index in [2.05, 4.69) is 0 Å². The Bertz CT molecular complexity index is 937. The lowest BCUT2D eigenvalue weighted by Gasteiger charge is -2.17. The van der Waals surface area contributed by atoms with Gasteiger partial charge < -0.3 is 20.7 Å². The molecule has 3 rings (SSSR count). The summed E-state index contributed by atoms with van der Waals surface area (Å²) in [4.78, 5) is 2.09. The predicted octanol–water partition coefficient (Wildman–Crippen LogP) is 4.89. The minimum atomic E-state index is -1.03. The predicted molar refractivity (Wildman–Crippen MR) is 122 cm³/mol. The molecular formula is C24H26ClNO3S. The average molecular weight is 444 g/mol. The van der Waals surface area contributed by atoms with Crippen molar-refractivity contribution in [2.75, 3.05) is 6.61 Å². The van der Waals surface area contributed by atoms with Crippen LogP contribution in [0, 0.1) is 5.92 Å². The maximum absolute atomic E-state index is 9.46. The van der Waals surface area contributed by atoms with E-state index in [9.17, 15) is 10.2 Å². The highest BCUT2D eigenvalue weighted by molar-refractivity contribution is 7.99. The second-order valence-electron chi connectivity index (χ2n) is 7.08. The van der Waals surface area contributed by atoms with Gasteiger partial charge in [0.15, 0.2) is 0 Å². The quantitative estimate of drug-likeness (QED) is 0.389. The van der Waals surface area contributed by atoms with Crippen molar-refractivity contribution in [3.8, 4) is 5.75 Å². The van der Waals surface area contributed by atoms with Crippen molar-refractivity contribution in [3.05, 3.63) is 88.9 Å². The Morgan fingerprint density at radius 2 is 1.73 bits per heavy atom. The molecule has 0 fully saturated rings. The van der Waals surface area contributed by atoms with Crippen LogP contribution in [0.1, 0.15) is 17.5 Å². The number of halogens is 1. The molecule has 2 unspecified atom stereocenters. The number of rotatable bonds is 10. The molecule has 158 valence electrons. The fourth-order valence-corrected chi connectivity index (χ4v) is 4.26. The molecule has 6 heteroatoms. The van der Waals surface area contributed by atoms with Gasteiger partial charge in [-0.05, 0) is 54.3 Å². The molecule has 0 heterocycles. The van der Waals surface area contributed by atoms with Gasteiger partial charge in [0.1, 0.15) is 18.6 Å². The maximum Gasteiger partial charge on any atom is 0.120 e. The second-order valence-corrected chi connectivity index (χ2v) is 8.63. The maximum atomic E-state index is 9.46. The summed E-state index contributed by atoms with van der Waals surface area (Å²) < 4.78 is 5.91. The molecule has 0 saturated carbocycles. The highest BCUT2D eigenvalue weighted by Gasteiger charge is 2.15. The lowest BCUT2D eigenvalue weighted by Crippen LogP contribution is -2.32. The van der Waals surface area contributed by atoms with Crippen LogP contribution in [0.25, 0.3) is 0 Å². The summed E-state index contributed by atoms with van der Waals surface area (Å²) in [6.45, 7) is 0.383. The van der Waals surface area contributed by atoms with Gasteiger partial charge in [-0.25, -0.2) is 0 Å². The van der Waals surface area contributed by atoms with Crippen molar-refractivity contribution >= 4 is 23.4 Å². The summed E-state index contributed by atoms with van der Waals surface area (Å²) >= 11 is 8.07.